The van der Waals surface area contributed by atoms with Crippen LogP contribution in [0.5, 0.6) is 0 Å². The Labute approximate surface area is 228 Å². The summed E-state index contributed by atoms with van der Waals surface area (Å²) >= 11 is 0. The molecule has 6 rings (SSSR count). The number of nitrogens with zero attached hydrogens (tertiary/aromatic N) is 4. The predicted molar refractivity (Wildman–Crippen MR) is 147 cm³/mol. The highest BCUT2D eigenvalue weighted by Crippen LogP contribution is 2.30. The second-order valence-corrected chi connectivity index (χ2v) is 10.5. The smallest absolute Gasteiger partial charge is 0.298 e. The van der Waals surface area contributed by atoms with Crippen LogP contribution >= 0.6 is 0 Å². The van der Waals surface area contributed by atoms with E-state index in [2.05, 4.69) is 81.8 Å². The molecule has 0 spiro atoms. The quantitative estimate of drug-likeness (QED) is 0.532. The molecule has 8 heteroatoms. The summed E-state index contributed by atoms with van der Waals surface area (Å²) in [5, 5.41) is 5.10. The molecule has 3 aromatic carbocycles. The van der Waals surface area contributed by atoms with Gasteiger partial charge in [-0.25, -0.2) is 14.8 Å². The first kappa shape index (κ1) is 25.3. The van der Waals surface area contributed by atoms with Gasteiger partial charge in [0.25, 0.3) is 5.91 Å². The normalized spacial score (nSPS) is 18.8. The number of urea groups is 1. The van der Waals surface area contributed by atoms with Gasteiger partial charge in [0.15, 0.2) is 0 Å². The third-order valence-electron chi connectivity index (χ3n) is 7.90. The lowest BCUT2D eigenvalue weighted by Gasteiger charge is -2.33. The number of rotatable bonds is 6. The summed E-state index contributed by atoms with van der Waals surface area (Å²) in [6.07, 6.45) is 1.27. The maximum Gasteiger partial charge on any atom is 0.342 e. The van der Waals surface area contributed by atoms with Crippen LogP contribution in [0.4, 0.5) is 4.79 Å². The van der Waals surface area contributed by atoms with Crippen molar-refractivity contribution in [3.63, 3.8) is 0 Å². The minimum Gasteiger partial charge on any atom is -0.298 e. The lowest BCUT2D eigenvalue weighted by molar-refractivity contribution is -0.123. The SMILES string of the molecule is O=C1CCN(N2Cc3cc(CN4CCCN(C(c5ccccc5)c5ccccc5)CC4)ccc3C2=O)C(=O)N1. The summed E-state index contributed by atoms with van der Waals surface area (Å²) in [6, 6.07) is 27.2. The molecular formula is C31H33N5O3. The highest BCUT2D eigenvalue weighted by molar-refractivity contribution is 6.01. The Morgan fingerprint density at radius 2 is 1.46 bits per heavy atom. The second-order valence-electron chi connectivity index (χ2n) is 10.5. The Balaban J connectivity index is 1.13. The molecule has 200 valence electrons. The minimum atomic E-state index is -0.536. The summed E-state index contributed by atoms with van der Waals surface area (Å²) in [5.74, 6) is -0.503. The topological polar surface area (TPSA) is 76.2 Å². The standard InChI is InChI=1S/C31H33N5O3/c37-28-14-17-35(31(39)32-28)36-22-26-20-23(12-13-27(26)30(36)38)21-33-15-7-16-34(19-18-33)29(24-8-3-1-4-9-24)25-10-5-2-6-11-25/h1-6,8-13,20,29H,7,14-19,21-22H2,(H,32,37,39). The number of nitrogens with one attached hydrogen (secondary N) is 1. The van der Waals surface area contributed by atoms with Crippen LogP contribution < -0.4 is 5.32 Å². The Morgan fingerprint density at radius 3 is 2.15 bits per heavy atom. The molecular weight excluding hydrogens is 490 g/mol. The van der Waals surface area contributed by atoms with E-state index < -0.39 is 6.03 Å². The maximum absolute atomic E-state index is 13.0. The van der Waals surface area contributed by atoms with Gasteiger partial charge in [-0.1, -0.05) is 72.8 Å². The average Bonchev–Trinajstić information content (AvgIpc) is 3.10. The Hall–Kier alpha value is -4.01. The van der Waals surface area contributed by atoms with Crippen LogP contribution in [0, 0.1) is 0 Å². The zero-order chi connectivity index (χ0) is 26.8. The number of amides is 4. The predicted octanol–water partition coefficient (Wildman–Crippen LogP) is 3.80. The molecule has 0 aromatic heterocycles. The van der Waals surface area contributed by atoms with Crippen molar-refractivity contribution in [2.45, 2.75) is 32.0 Å². The molecule has 4 amide bonds. The number of carbonyl (C=O) groups is 3. The largest absolute Gasteiger partial charge is 0.342 e. The summed E-state index contributed by atoms with van der Waals surface area (Å²) in [4.78, 5) is 41.9. The van der Waals surface area contributed by atoms with Crippen molar-refractivity contribution < 1.29 is 14.4 Å². The number of benzene rings is 3. The van der Waals surface area contributed by atoms with Crippen molar-refractivity contribution in [1.82, 2.24) is 25.1 Å². The Kier molecular flexibility index (Phi) is 7.13. The lowest BCUT2D eigenvalue weighted by atomic mass is 9.97. The number of hydrazine groups is 1. The average molecular weight is 524 g/mol. The van der Waals surface area contributed by atoms with E-state index in [1.54, 1.807) is 0 Å². The molecule has 0 unspecified atom stereocenters. The van der Waals surface area contributed by atoms with Gasteiger partial charge in [0.2, 0.25) is 5.91 Å². The second kappa shape index (κ2) is 11.0. The fraction of sp³-hybridized carbons (Fsp3) is 0.323. The van der Waals surface area contributed by atoms with Crippen LogP contribution in [0.25, 0.3) is 0 Å². The number of imide groups is 1. The van der Waals surface area contributed by atoms with E-state index >= 15 is 0 Å². The molecule has 1 N–H and O–H groups in total. The molecule has 0 radical (unpaired) electrons. The minimum absolute atomic E-state index is 0.193. The lowest BCUT2D eigenvalue weighted by Crippen LogP contribution is -2.56. The van der Waals surface area contributed by atoms with E-state index in [0.717, 1.165) is 50.3 Å². The van der Waals surface area contributed by atoms with Crippen LogP contribution in [0.2, 0.25) is 0 Å². The molecule has 3 heterocycles. The van der Waals surface area contributed by atoms with Gasteiger partial charge in [-0.15, -0.1) is 0 Å². The highest BCUT2D eigenvalue weighted by Gasteiger charge is 2.37. The van der Waals surface area contributed by atoms with E-state index in [1.165, 1.54) is 21.1 Å². The Morgan fingerprint density at radius 1 is 0.744 bits per heavy atom. The molecule has 8 nitrogen and oxygen atoms in total. The molecule has 2 fully saturated rings. The molecule has 0 saturated carbocycles. The van der Waals surface area contributed by atoms with Gasteiger partial charge in [0.1, 0.15) is 0 Å². The molecule has 0 bridgehead atoms. The van der Waals surface area contributed by atoms with Gasteiger partial charge < -0.3 is 0 Å². The third kappa shape index (κ3) is 5.30. The summed E-state index contributed by atoms with van der Waals surface area (Å²) < 4.78 is 0. The molecule has 3 aliphatic rings. The zero-order valence-corrected chi connectivity index (χ0v) is 22.0. The van der Waals surface area contributed by atoms with Crippen molar-refractivity contribution >= 4 is 17.8 Å². The summed E-state index contributed by atoms with van der Waals surface area (Å²) in [6.45, 7) is 5.34. The van der Waals surface area contributed by atoms with E-state index in [1.807, 2.05) is 12.1 Å². The first-order valence-corrected chi connectivity index (χ1v) is 13.7. The third-order valence-corrected chi connectivity index (χ3v) is 7.90. The molecule has 0 atom stereocenters. The fourth-order valence-electron chi connectivity index (χ4n) is 5.99. The molecule has 39 heavy (non-hydrogen) atoms. The Bertz CT molecular complexity index is 1320. The van der Waals surface area contributed by atoms with Gasteiger partial charge in [-0.3, -0.25) is 24.7 Å². The van der Waals surface area contributed by atoms with Gasteiger partial charge in [0.05, 0.1) is 19.1 Å². The zero-order valence-electron chi connectivity index (χ0n) is 22.0. The van der Waals surface area contributed by atoms with E-state index in [-0.39, 0.29) is 30.8 Å². The van der Waals surface area contributed by atoms with Crippen molar-refractivity contribution in [3.05, 3.63) is 107 Å². The number of fused-ring (bicyclic) bond motifs is 1. The fourth-order valence-corrected chi connectivity index (χ4v) is 5.99. The first-order chi connectivity index (χ1) is 19.1. The number of carbonyl (C=O) groups excluding carboxylic acids is 3. The monoisotopic (exact) mass is 523 g/mol. The first-order valence-electron chi connectivity index (χ1n) is 13.7. The molecule has 2 saturated heterocycles. The highest BCUT2D eigenvalue weighted by atomic mass is 16.2. The van der Waals surface area contributed by atoms with Crippen LogP contribution in [0.1, 0.15) is 51.5 Å². The molecule has 0 aliphatic carbocycles. The van der Waals surface area contributed by atoms with E-state index in [0.29, 0.717) is 12.1 Å². The molecule has 3 aliphatic heterocycles. The van der Waals surface area contributed by atoms with Crippen LogP contribution in [0.3, 0.4) is 0 Å². The number of hydrogen-bond donors (Lipinski definition) is 1. The van der Waals surface area contributed by atoms with E-state index in [4.69, 9.17) is 0 Å². The summed E-state index contributed by atoms with van der Waals surface area (Å²) in [7, 11) is 0. The van der Waals surface area contributed by atoms with Crippen LogP contribution in [-0.2, 0) is 17.9 Å². The maximum atomic E-state index is 13.0. The van der Waals surface area contributed by atoms with Gasteiger partial charge in [-0.2, -0.15) is 0 Å². The van der Waals surface area contributed by atoms with Gasteiger partial charge >= 0.3 is 6.03 Å². The van der Waals surface area contributed by atoms with Crippen molar-refractivity contribution in [3.8, 4) is 0 Å². The number of hydrogen-bond acceptors (Lipinski definition) is 5. The molecule has 3 aromatic rings. The van der Waals surface area contributed by atoms with Crippen molar-refractivity contribution in [1.29, 1.82) is 0 Å². The van der Waals surface area contributed by atoms with Crippen molar-refractivity contribution in [2.75, 3.05) is 32.7 Å². The van der Waals surface area contributed by atoms with Gasteiger partial charge in [-0.05, 0) is 41.3 Å². The van der Waals surface area contributed by atoms with Crippen molar-refractivity contribution in [2.24, 2.45) is 0 Å². The van der Waals surface area contributed by atoms with Gasteiger partial charge in [0, 0.05) is 38.2 Å². The van der Waals surface area contributed by atoms with Crippen LogP contribution in [0.15, 0.2) is 78.9 Å². The van der Waals surface area contributed by atoms with E-state index in [9.17, 15) is 14.4 Å². The van der Waals surface area contributed by atoms with Crippen LogP contribution in [-0.4, -0.2) is 70.4 Å². The summed E-state index contributed by atoms with van der Waals surface area (Å²) in [5.41, 5.74) is 5.34.